The molecule has 2 aromatic carbocycles. The molecule has 102 valence electrons. The minimum atomic E-state index is -4.19. The molecule has 7 heteroatoms. The van der Waals surface area contributed by atoms with Gasteiger partial charge in [-0.3, -0.25) is 5.26 Å². The lowest BCUT2D eigenvalue weighted by Crippen LogP contribution is -2.16. The summed E-state index contributed by atoms with van der Waals surface area (Å²) in [6, 6.07) is 12.3. The highest BCUT2D eigenvalue weighted by molar-refractivity contribution is 7.82. The largest absolute Gasteiger partial charge is 0.449 e. The van der Waals surface area contributed by atoms with Crippen molar-refractivity contribution in [2.45, 2.75) is 0 Å². The Morgan fingerprint density at radius 1 is 1.00 bits per heavy atom. The van der Waals surface area contributed by atoms with Gasteiger partial charge in [-0.1, -0.05) is 36.4 Å². The minimum Gasteiger partial charge on any atom is -0.361 e. The zero-order valence-corrected chi connectivity index (χ0v) is 10.7. The zero-order chi connectivity index (χ0) is 13.7. The van der Waals surface area contributed by atoms with Gasteiger partial charge in [0.05, 0.1) is 6.61 Å². The van der Waals surface area contributed by atoms with E-state index in [0.717, 1.165) is 5.39 Å². The molecule has 0 aliphatic heterocycles. The molecule has 0 saturated heterocycles. The summed E-state index contributed by atoms with van der Waals surface area (Å²) in [5.41, 5.74) is 0. The fourth-order valence-electron chi connectivity index (χ4n) is 1.58. The summed E-state index contributed by atoms with van der Waals surface area (Å²) in [6.07, 6.45) is 0. The van der Waals surface area contributed by atoms with Crippen molar-refractivity contribution < 1.29 is 26.9 Å². The Hall–Kier alpha value is -1.67. The van der Waals surface area contributed by atoms with Gasteiger partial charge in [0.25, 0.3) is 0 Å². The molecule has 0 aliphatic rings. The van der Waals surface area contributed by atoms with Crippen LogP contribution in [0.15, 0.2) is 42.5 Å². The van der Waals surface area contributed by atoms with E-state index in [0.29, 0.717) is 5.39 Å². The maximum absolute atomic E-state index is 11.5. The Balaban J connectivity index is 2.21. The summed E-state index contributed by atoms with van der Waals surface area (Å²) in [4.78, 5) is 3.71. The average Bonchev–Trinajstić information content (AvgIpc) is 2.39. The quantitative estimate of drug-likeness (QED) is 0.496. The number of benzene rings is 2. The Labute approximate surface area is 110 Å². The van der Waals surface area contributed by atoms with E-state index in [1.54, 1.807) is 18.2 Å². The van der Waals surface area contributed by atoms with E-state index in [1.165, 1.54) is 6.07 Å². The first-order valence-electron chi connectivity index (χ1n) is 5.45. The molecule has 0 spiro atoms. The maximum Gasteiger partial charge on any atom is 0.449 e. The Kier molecular flexibility index (Phi) is 4.33. The molecule has 6 nitrogen and oxygen atoms in total. The van der Waals surface area contributed by atoms with Crippen molar-refractivity contribution in [3.05, 3.63) is 42.5 Å². The van der Waals surface area contributed by atoms with Crippen molar-refractivity contribution in [1.29, 1.82) is 0 Å². The first-order chi connectivity index (χ1) is 9.12. The van der Waals surface area contributed by atoms with Crippen LogP contribution in [0.4, 0.5) is 0 Å². The second-order valence-electron chi connectivity index (χ2n) is 3.62. The van der Waals surface area contributed by atoms with E-state index in [4.69, 9.17) is 9.44 Å². The van der Waals surface area contributed by atoms with Crippen molar-refractivity contribution in [3.63, 3.8) is 0 Å². The summed E-state index contributed by atoms with van der Waals surface area (Å²) >= 11 is 0. The summed E-state index contributed by atoms with van der Waals surface area (Å²) in [6.45, 7) is -0.596. The van der Waals surface area contributed by atoms with Gasteiger partial charge in [-0.15, -0.1) is 0 Å². The molecule has 19 heavy (non-hydrogen) atoms. The van der Waals surface area contributed by atoms with Crippen LogP contribution in [0, 0.1) is 0 Å². The summed E-state index contributed by atoms with van der Waals surface area (Å²) in [5, 5.41) is 9.60. The van der Waals surface area contributed by atoms with Crippen molar-refractivity contribution >= 4 is 21.2 Å². The molecule has 0 heterocycles. The van der Waals surface area contributed by atoms with Crippen LogP contribution in [0.1, 0.15) is 0 Å². The van der Waals surface area contributed by atoms with Gasteiger partial charge in [-0.25, -0.2) is 9.07 Å². The molecular formula is C12H12O6S. The van der Waals surface area contributed by atoms with E-state index in [9.17, 15) is 8.42 Å². The Bertz CT molecular complexity index is 647. The van der Waals surface area contributed by atoms with Gasteiger partial charge in [-0.2, -0.15) is 8.42 Å². The van der Waals surface area contributed by atoms with Gasteiger partial charge in [-0.05, 0) is 11.5 Å². The zero-order valence-electron chi connectivity index (χ0n) is 9.85. The first kappa shape index (κ1) is 13.8. The van der Waals surface area contributed by atoms with E-state index in [1.807, 2.05) is 18.2 Å². The monoisotopic (exact) mass is 284 g/mol. The summed E-state index contributed by atoms with van der Waals surface area (Å²) in [7, 11) is -4.19. The van der Waals surface area contributed by atoms with E-state index >= 15 is 0 Å². The number of hydrogen-bond acceptors (Lipinski definition) is 6. The van der Waals surface area contributed by atoms with E-state index < -0.39 is 10.4 Å². The highest BCUT2D eigenvalue weighted by Crippen LogP contribution is 2.26. The van der Waals surface area contributed by atoms with Crippen molar-refractivity contribution in [3.8, 4) is 5.75 Å². The Morgan fingerprint density at radius 2 is 1.74 bits per heavy atom. The van der Waals surface area contributed by atoms with Crippen LogP contribution >= 0.6 is 0 Å². The van der Waals surface area contributed by atoms with Crippen LogP contribution in [0.3, 0.4) is 0 Å². The average molecular weight is 284 g/mol. The molecule has 2 rings (SSSR count). The topological polar surface area (TPSA) is 82.1 Å². The molecule has 2 aromatic rings. The van der Waals surface area contributed by atoms with Crippen LogP contribution in [0.2, 0.25) is 0 Å². The normalized spacial score (nSPS) is 11.6. The lowest BCUT2D eigenvalue weighted by Gasteiger charge is -2.08. The molecule has 0 bridgehead atoms. The molecule has 0 amide bonds. The first-order valence-corrected chi connectivity index (χ1v) is 6.79. The van der Waals surface area contributed by atoms with Crippen LogP contribution in [-0.2, 0) is 19.5 Å². The second kappa shape index (κ2) is 5.98. The van der Waals surface area contributed by atoms with Gasteiger partial charge in [0.15, 0.2) is 5.75 Å². The lowest BCUT2D eigenvalue weighted by molar-refractivity contribution is -0.245. The second-order valence-corrected chi connectivity index (χ2v) is 4.84. The van der Waals surface area contributed by atoms with Crippen LogP contribution in [0.25, 0.3) is 10.8 Å². The van der Waals surface area contributed by atoms with Crippen LogP contribution in [-0.4, -0.2) is 26.9 Å². The van der Waals surface area contributed by atoms with E-state index in [-0.39, 0.29) is 19.0 Å². The lowest BCUT2D eigenvalue weighted by atomic mass is 10.1. The standard InChI is InChI=1S/C12H12O6S/c13-16-8-9-17-19(14,15)18-12-7-3-5-10-4-1-2-6-11(10)12/h1-7,13H,8-9H2. The number of fused-ring (bicyclic) bond motifs is 1. The Morgan fingerprint density at radius 3 is 2.53 bits per heavy atom. The highest BCUT2D eigenvalue weighted by Gasteiger charge is 2.15. The van der Waals surface area contributed by atoms with Gasteiger partial charge in [0, 0.05) is 5.39 Å². The number of rotatable bonds is 6. The molecule has 0 unspecified atom stereocenters. The van der Waals surface area contributed by atoms with Crippen LogP contribution < -0.4 is 4.18 Å². The summed E-state index contributed by atoms with van der Waals surface area (Å²) in [5.74, 6) is 0.183. The molecule has 0 aromatic heterocycles. The van der Waals surface area contributed by atoms with Gasteiger partial charge in [0.1, 0.15) is 6.61 Å². The fourth-order valence-corrected chi connectivity index (χ4v) is 2.26. The van der Waals surface area contributed by atoms with Crippen molar-refractivity contribution in [1.82, 2.24) is 0 Å². The van der Waals surface area contributed by atoms with E-state index in [2.05, 4.69) is 9.07 Å². The highest BCUT2D eigenvalue weighted by atomic mass is 32.3. The predicted octanol–water partition coefficient (Wildman–Crippen LogP) is 1.97. The third-order valence-electron chi connectivity index (χ3n) is 2.34. The van der Waals surface area contributed by atoms with Crippen molar-refractivity contribution in [2.24, 2.45) is 0 Å². The van der Waals surface area contributed by atoms with Gasteiger partial charge >= 0.3 is 10.4 Å². The smallest absolute Gasteiger partial charge is 0.361 e. The minimum absolute atomic E-state index is 0.183. The third-order valence-corrected chi connectivity index (χ3v) is 3.18. The summed E-state index contributed by atoms with van der Waals surface area (Å²) < 4.78 is 32.4. The predicted molar refractivity (Wildman–Crippen MR) is 68.0 cm³/mol. The fraction of sp³-hybridized carbons (Fsp3) is 0.167. The molecule has 0 saturated carbocycles. The number of hydrogen-bond donors (Lipinski definition) is 1. The third kappa shape index (κ3) is 3.65. The molecule has 0 radical (unpaired) electrons. The van der Waals surface area contributed by atoms with Crippen molar-refractivity contribution in [2.75, 3.05) is 13.2 Å². The van der Waals surface area contributed by atoms with Gasteiger partial charge < -0.3 is 4.18 Å². The molecule has 0 atom stereocenters. The molecular weight excluding hydrogens is 272 g/mol. The van der Waals surface area contributed by atoms with Gasteiger partial charge in [0.2, 0.25) is 0 Å². The van der Waals surface area contributed by atoms with Crippen LogP contribution in [0.5, 0.6) is 5.75 Å². The SMILES string of the molecule is O=S(=O)(OCCOO)Oc1cccc2ccccc12. The molecule has 1 N–H and O–H groups in total. The maximum atomic E-state index is 11.5. The molecule has 0 aliphatic carbocycles. The molecule has 0 fully saturated rings.